The molecule has 0 saturated carbocycles. The number of nitrogens with zero attached hydrogens (tertiary/aromatic N) is 4. The van der Waals surface area contributed by atoms with E-state index in [1.807, 2.05) is 13.0 Å². The van der Waals surface area contributed by atoms with Gasteiger partial charge < -0.3 is 9.64 Å². The fraction of sp³-hybridized carbons (Fsp3) is 0.500. The summed E-state index contributed by atoms with van der Waals surface area (Å²) in [4.78, 5) is 14.1. The van der Waals surface area contributed by atoms with Gasteiger partial charge in [-0.15, -0.1) is 0 Å². The first kappa shape index (κ1) is 20.6. The van der Waals surface area contributed by atoms with Crippen LogP contribution >= 0.6 is 0 Å². The number of allylic oxidation sites excluding steroid dienone is 4. The summed E-state index contributed by atoms with van der Waals surface area (Å²) in [6.45, 7) is 3.77. The van der Waals surface area contributed by atoms with Gasteiger partial charge in [0.05, 0.1) is 25.4 Å². The summed E-state index contributed by atoms with van der Waals surface area (Å²) >= 11 is 0. The van der Waals surface area contributed by atoms with Crippen molar-refractivity contribution >= 4 is 11.6 Å². The predicted molar refractivity (Wildman–Crippen MR) is 92.4 cm³/mol. The monoisotopic (exact) mass is 382 g/mol. The van der Waals surface area contributed by atoms with Gasteiger partial charge in [-0.3, -0.25) is 4.79 Å². The third-order valence-electron chi connectivity index (χ3n) is 4.32. The van der Waals surface area contributed by atoms with Crippen LogP contribution in [-0.2, 0) is 17.3 Å². The van der Waals surface area contributed by atoms with E-state index in [1.54, 1.807) is 19.1 Å². The Morgan fingerprint density at radius 2 is 2.11 bits per heavy atom. The summed E-state index contributed by atoms with van der Waals surface area (Å²) in [5, 5.41) is 12.4. The van der Waals surface area contributed by atoms with Crippen molar-refractivity contribution in [2.24, 2.45) is 0 Å². The molecule has 0 fully saturated rings. The highest BCUT2D eigenvalue weighted by atomic mass is 19.4. The third-order valence-corrected chi connectivity index (χ3v) is 4.32. The number of halogens is 3. The van der Waals surface area contributed by atoms with E-state index in [0.29, 0.717) is 17.9 Å². The zero-order valence-corrected chi connectivity index (χ0v) is 15.4. The number of rotatable bonds is 6. The summed E-state index contributed by atoms with van der Waals surface area (Å²) in [5.41, 5.74) is -0.866. The maximum atomic E-state index is 13.4. The second-order valence-electron chi connectivity index (χ2n) is 6.03. The van der Waals surface area contributed by atoms with Crippen molar-refractivity contribution in [3.05, 3.63) is 34.9 Å². The van der Waals surface area contributed by atoms with E-state index in [-0.39, 0.29) is 37.2 Å². The van der Waals surface area contributed by atoms with Gasteiger partial charge in [0.15, 0.2) is 5.69 Å². The van der Waals surface area contributed by atoms with Crippen LogP contribution in [0.3, 0.4) is 0 Å². The minimum atomic E-state index is -4.65. The van der Waals surface area contributed by atoms with Crippen molar-refractivity contribution < 1.29 is 22.7 Å². The van der Waals surface area contributed by atoms with Crippen LogP contribution in [0.1, 0.15) is 48.4 Å². The summed E-state index contributed by atoms with van der Waals surface area (Å²) in [6, 6.07) is 1.94. The Bertz CT molecular complexity index is 810. The average molecular weight is 382 g/mol. The summed E-state index contributed by atoms with van der Waals surface area (Å²) in [6.07, 6.45) is -0.669. The second-order valence-corrected chi connectivity index (χ2v) is 6.03. The number of methoxy groups -OCH3 is 1. The number of alkyl halides is 3. The molecule has 0 spiro atoms. The smallest absolute Gasteiger partial charge is 0.435 e. The minimum absolute atomic E-state index is 0.0444. The van der Waals surface area contributed by atoms with Crippen LogP contribution in [0.25, 0.3) is 5.70 Å². The SMILES string of the molecule is CC/C(=C\C=C(/C)n1nc(C(F)(F)F)c2c1C(=O)N(CCC#N)CC2)OC. The highest BCUT2D eigenvalue weighted by Crippen LogP contribution is 2.36. The number of nitriles is 1. The third kappa shape index (κ3) is 4.32. The van der Waals surface area contributed by atoms with Gasteiger partial charge in [-0.1, -0.05) is 6.92 Å². The van der Waals surface area contributed by atoms with Gasteiger partial charge >= 0.3 is 6.18 Å². The molecule has 1 amide bonds. The van der Waals surface area contributed by atoms with Crippen LogP contribution in [0.5, 0.6) is 0 Å². The number of amides is 1. The van der Waals surface area contributed by atoms with Crippen molar-refractivity contribution in [1.82, 2.24) is 14.7 Å². The van der Waals surface area contributed by atoms with E-state index in [9.17, 15) is 18.0 Å². The molecule has 9 heteroatoms. The zero-order chi connectivity index (χ0) is 20.2. The number of aromatic nitrogens is 2. The lowest BCUT2D eigenvalue weighted by Gasteiger charge is -2.27. The summed E-state index contributed by atoms with van der Waals surface area (Å²) in [7, 11) is 1.51. The molecule has 146 valence electrons. The Balaban J connectivity index is 2.54. The van der Waals surface area contributed by atoms with E-state index in [0.717, 1.165) is 4.68 Å². The first-order valence-electron chi connectivity index (χ1n) is 8.51. The van der Waals surface area contributed by atoms with E-state index >= 15 is 0 Å². The molecule has 1 aromatic rings. The highest BCUT2D eigenvalue weighted by molar-refractivity contribution is 5.96. The average Bonchev–Trinajstić information content (AvgIpc) is 3.02. The minimum Gasteiger partial charge on any atom is -0.501 e. The molecular weight excluding hydrogens is 361 g/mol. The number of ether oxygens (including phenoxy) is 1. The number of fused-ring (bicyclic) bond motifs is 1. The number of hydrogen-bond donors (Lipinski definition) is 0. The van der Waals surface area contributed by atoms with Crippen LogP contribution < -0.4 is 0 Å². The largest absolute Gasteiger partial charge is 0.501 e. The first-order valence-corrected chi connectivity index (χ1v) is 8.51. The Morgan fingerprint density at radius 3 is 2.67 bits per heavy atom. The molecule has 1 aliphatic rings. The van der Waals surface area contributed by atoms with Crippen molar-refractivity contribution in [1.29, 1.82) is 5.26 Å². The normalized spacial score (nSPS) is 15.6. The Labute approximate surface area is 155 Å². The maximum Gasteiger partial charge on any atom is 0.435 e. The van der Waals surface area contributed by atoms with Gasteiger partial charge in [0.25, 0.3) is 5.91 Å². The molecular formula is C18H21F3N4O2. The van der Waals surface area contributed by atoms with Gasteiger partial charge in [0.1, 0.15) is 5.69 Å². The summed E-state index contributed by atoms with van der Waals surface area (Å²) in [5.74, 6) is 0.0991. The molecule has 0 bridgehead atoms. The lowest BCUT2D eigenvalue weighted by Crippen LogP contribution is -2.39. The summed E-state index contributed by atoms with van der Waals surface area (Å²) < 4.78 is 46.4. The Morgan fingerprint density at radius 1 is 1.41 bits per heavy atom. The van der Waals surface area contributed by atoms with Crippen molar-refractivity contribution in [2.45, 2.75) is 39.3 Å². The molecule has 2 rings (SSSR count). The van der Waals surface area contributed by atoms with Crippen LogP contribution in [0.2, 0.25) is 0 Å². The van der Waals surface area contributed by atoms with Crippen molar-refractivity contribution in [3.8, 4) is 6.07 Å². The van der Waals surface area contributed by atoms with Gasteiger partial charge in [0, 0.05) is 30.8 Å². The van der Waals surface area contributed by atoms with E-state index < -0.39 is 17.8 Å². The molecule has 0 unspecified atom stereocenters. The van der Waals surface area contributed by atoms with Gasteiger partial charge in [0.2, 0.25) is 0 Å². The van der Waals surface area contributed by atoms with Crippen LogP contribution in [0.15, 0.2) is 17.9 Å². The Hall–Kier alpha value is -2.76. The van der Waals surface area contributed by atoms with Crippen LogP contribution in [0, 0.1) is 11.3 Å². The molecule has 6 nitrogen and oxygen atoms in total. The molecule has 0 aromatic carbocycles. The van der Waals surface area contributed by atoms with Gasteiger partial charge in [-0.25, -0.2) is 4.68 Å². The van der Waals surface area contributed by atoms with E-state index in [1.165, 1.54) is 12.0 Å². The molecule has 0 radical (unpaired) electrons. The van der Waals surface area contributed by atoms with Gasteiger partial charge in [-0.05, 0) is 25.5 Å². The van der Waals surface area contributed by atoms with Crippen LogP contribution in [-0.4, -0.2) is 40.8 Å². The van der Waals surface area contributed by atoms with E-state index in [2.05, 4.69) is 5.10 Å². The lowest BCUT2D eigenvalue weighted by molar-refractivity contribution is -0.142. The van der Waals surface area contributed by atoms with Crippen LogP contribution in [0.4, 0.5) is 13.2 Å². The molecule has 1 aromatic heterocycles. The molecule has 0 N–H and O–H groups in total. The molecule has 2 heterocycles. The van der Waals surface area contributed by atoms with E-state index in [4.69, 9.17) is 10.00 Å². The molecule has 1 aliphatic heterocycles. The quantitative estimate of drug-likeness (QED) is 0.557. The number of carbonyl (C=O) groups excluding carboxylic acids is 1. The standard InChI is InChI=1S/C18H21F3N4O2/c1-4-13(27-3)7-6-12(2)25-15-14(16(23-25)18(19,20)21)8-11-24(17(15)26)10-5-9-22/h6-7H,4-5,8,10-11H2,1-3H3/b12-6+,13-7+. The maximum absolute atomic E-state index is 13.4. The first-order chi connectivity index (χ1) is 12.7. The number of carbonyl (C=O) groups is 1. The highest BCUT2D eigenvalue weighted by Gasteiger charge is 2.42. The van der Waals surface area contributed by atoms with Crippen molar-refractivity contribution in [2.75, 3.05) is 20.2 Å². The zero-order valence-electron chi connectivity index (χ0n) is 15.4. The Kier molecular flexibility index (Phi) is 6.31. The van der Waals surface area contributed by atoms with Crippen molar-refractivity contribution in [3.63, 3.8) is 0 Å². The molecule has 0 atom stereocenters. The fourth-order valence-corrected chi connectivity index (χ4v) is 2.90. The number of hydrogen-bond acceptors (Lipinski definition) is 4. The topological polar surface area (TPSA) is 71.2 Å². The second kappa shape index (κ2) is 8.29. The van der Waals surface area contributed by atoms with Gasteiger partial charge in [-0.2, -0.15) is 23.5 Å². The fourth-order valence-electron chi connectivity index (χ4n) is 2.90. The predicted octanol–water partition coefficient (Wildman–Crippen LogP) is 3.61. The molecule has 0 aliphatic carbocycles. The molecule has 27 heavy (non-hydrogen) atoms. The lowest BCUT2D eigenvalue weighted by atomic mass is 10.0. The molecule has 0 saturated heterocycles.